The first-order valence-corrected chi connectivity index (χ1v) is 4.88. The van der Waals surface area contributed by atoms with Crippen molar-refractivity contribution in [3.8, 4) is 6.07 Å². The summed E-state index contributed by atoms with van der Waals surface area (Å²) in [6.07, 6.45) is 0.454. The summed E-state index contributed by atoms with van der Waals surface area (Å²) in [5.74, 6) is -0.347. The minimum Gasteiger partial charge on any atom is -0.466 e. The van der Waals surface area contributed by atoms with Crippen LogP contribution in [0.3, 0.4) is 0 Å². The quantitative estimate of drug-likeness (QED) is 0.649. The van der Waals surface area contributed by atoms with E-state index in [4.69, 9.17) is 10.00 Å². The number of hydrogen-bond donors (Lipinski definition) is 1. The van der Waals surface area contributed by atoms with Crippen molar-refractivity contribution in [3.05, 3.63) is 0 Å². The van der Waals surface area contributed by atoms with Gasteiger partial charge in [-0.15, -0.1) is 0 Å². The molecule has 0 radical (unpaired) electrons. The number of hydrogen-bond acceptors (Lipinski definition) is 4. The first-order chi connectivity index (χ1) is 6.61. The Balaban J connectivity index is 3.68. The molecule has 0 spiro atoms. The van der Waals surface area contributed by atoms with Gasteiger partial charge >= 0.3 is 5.97 Å². The topological polar surface area (TPSA) is 62.1 Å². The zero-order valence-corrected chi connectivity index (χ0v) is 9.04. The van der Waals surface area contributed by atoms with Crippen LogP contribution in [0, 0.1) is 17.2 Å². The Hall–Kier alpha value is -1.08. The lowest BCUT2D eigenvalue weighted by molar-refractivity contribution is -0.147. The second kappa shape index (κ2) is 7.34. The number of carbonyl (C=O) groups is 1. The van der Waals surface area contributed by atoms with Gasteiger partial charge < -0.3 is 10.1 Å². The molecule has 0 saturated carbocycles. The number of nitrogens with one attached hydrogen (secondary N) is 1. The summed E-state index contributed by atoms with van der Waals surface area (Å²) in [4.78, 5) is 11.2. The first kappa shape index (κ1) is 12.9. The largest absolute Gasteiger partial charge is 0.466 e. The van der Waals surface area contributed by atoms with Gasteiger partial charge in [0.05, 0.1) is 25.0 Å². The molecule has 4 heteroatoms. The molecular weight excluding hydrogens is 180 g/mol. The fourth-order valence-electron chi connectivity index (χ4n) is 0.955. The molecule has 0 heterocycles. The Bertz CT molecular complexity index is 211. The summed E-state index contributed by atoms with van der Waals surface area (Å²) in [5, 5.41) is 11.5. The van der Waals surface area contributed by atoms with Gasteiger partial charge in [0.1, 0.15) is 0 Å². The van der Waals surface area contributed by atoms with Crippen molar-refractivity contribution in [1.29, 1.82) is 5.26 Å². The van der Waals surface area contributed by atoms with Crippen LogP contribution in [-0.4, -0.2) is 25.2 Å². The zero-order chi connectivity index (χ0) is 11.0. The molecule has 0 aliphatic carbocycles. The summed E-state index contributed by atoms with van der Waals surface area (Å²) >= 11 is 0. The maximum absolute atomic E-state index is 11.2. The van der Waals surface area contributed by atoms with Crippen LogP contribution in [0.5, 0.6) is 0 Å². The van der Waals surface area contributed by atoms with E-state index in [9.17, 15) is 4.79 Å². The van der Waals surface area contributed by atoms with Crippen molar-refractivity contribution in [2.45, 2.75) is 33.2 Å². The Labute approximate surface area is 85.2 Å². The van der Waals surface area contributed by atoms with Crippen molar-refractivity contribution >= 4 is 5.97 Å². The first-order valence-electron chi connectivity index (χ1n) is 4.88. The Morgan fingerprint density at radius 3 is 2.71 bits per heavy atom. The summed E-state index contributed by atoms with van der Waals surface area (Å²) in [6, 6.07) is 2.19. The number of rotatable bonds is 6. The monoisotopic (exact) mass is 198 g/mol. The molecule has 0 aromatic rings. The minimum absolute atomic E-state index is 0.122. The summed E-state index contributed by atoms with van der Waals surface area (Å²) < 4.78 is 4.85. The third kappa shape index (κ3) is 5.55. The maximum atomic E-state index is 11.2. The number of nitrogens with zero attached hydrogens (tertiary/aromatic N) is 1. The molecule has 0 aromatic heterocycles. The smallest absolute Gasteiger partial charge is 0.309 e. The fourth-order valence-corrected chi connectivity index (χ4v) is 0.955. The molecule has 0 aliphatic heterocycles. The molecule has 1 N–H and O–H groups in total. The van der Waals surface area contributed by atoms with E-state index in [1.807, 2.05) is 13.8 Å². The lowest BCUT2D eigenvalue weighted by Gasteiger charge is -2.14. The SMILES string of the molecule is CCOC(=O)C(C)CNC(C)CC#N. The molecule has 4 nitrogen and oxygen atoms in total. The van der Waals surface area contributed by atoms with Crippen molar-refractivity contribution in [3.63, 3.8) is 0 Å². The highest BCUT2D eigenvalue weighted by atomic mass is 16.5. The zero-order valence-electron chi connectivity index (χ0n) is 9.04. The van der Waals surface area contributed by atoms with Crippen molar-refractivity contribution < 1.29 is 9.53 Å². The number of carbonyl (C=O) groups excluding carboxylic acids is 1. The van der Waals surface area contributed by atoms with E-state index in [2.05, 4.69) is 11.4 Å². The summed E-state index contributed by atoms with van der Waals surface area (Å²) in [7, 11) is 0. The highest BCUT2D eigenvalue weighted by molar-refractivity contribution is 5.72. The van der Waals surface area contributed by atoms with Crippen LogP contribution in [0.4, 0.5) is 0 Å². The third-order valence-corrected chi connectivity index (χ3v) is 1.86. The standard InChI is InChI=1S/C10H18N2O2/c1-4-14-10(13)8(2)7-12-9(3)5-6-11/h8-9,12H,4-5,7H2,1-3H3. The van der Waals surface area contributed by atoms with E-state index in [1.165, 1.54) is 0 Å². The van der Waals surface area contributed by atoms with Crippen LogP contribution in [-0.2, 0) is 9.53 Å². The molecule has 0 amide bonds. The highest BCUT2D eigenvalue weighted by Gasteiger charge is 2.14. The predicted octanol–water partition coefficient (Wildman–Crippen LogP) is 1.08. The van der Waals surface area contributed by atoms with Gasteiger partial charge in [-0.05, 0) is 13.8 Å². The van der Waals surface area contributed by atoms with Gasteiger partial charge in [0, 0.05) is 12.6 Å². The number of nitriles is 1. The van der Waals surface area contributed by atoms with E-state index in [-0.39, 0.29) is 17.9 Å². The van der Waals surface area contributed by atoms with Crippen molar-refractivity contribution in [1.82, 2.24) is 5.32 Å². The molecule has 0 aromatic carbocycles. The fraction of sp³-hybridized carbons (Fsp3) is 0.800. The van der Waals surface area contributed by atoms with Crippen LogP contribution in [0.2, 0.25) is 0 Å². The molecule has 0 aliphatic rings. The molecule has 0 fully saturated rings. The second-order valence-corrected chi connectivity index (χ2v) is 3.32. The summed E-state index contributed by atoms with van der Waals surface area (Å²) in [5.41, 5.74) is 0. The van der Waals surface area contributed by atoms with Crippen LogP contribution in [0.1, 0.15) is 27.2 Å². The van der Waals surface area contributed by atoms with Crippen molar-refractivity contribution in [2.75, 3.05) is 13.2 Å². The lowest BCUT2D eigenvalue weighted by Crippen LogP contribution is -2.33. The van der Waals surface area contributed by atoms with E-state index >= 15 is 0 Å². The Kier molecular flexibility index (Phi) is 6.77. The van der Waals surface area contributed by atoms with Gasteiger partial charge in [0.15, 0.2) is 0 Å². The van der Waals surface area contributed by atoms with E-state index in [1.54, 1.807) is 6.92 Å². The number of ether oxygens (including phenoxy) is 1. The van der Waals surface area contributed by atoms with Crippen LogP contribution < -0.4 is 5.32 Å². The van der Waals surface area contributed by atoms with Gasteiger partial charge in [-0.25, -0.2) is 0 Å². The van der Waals surface area contributed by atoms with Crippen LogP contribution in [0.15, 0.2) is 0 Å². The highest BCUT2D eigenvalue weighted by Crippen LogP contribution is 1.98. The molecule has 0 saturated heterocycles. The van der Waals surface area contributed by atoms with Crippen molar-refractivity contribution in [2.24, 2.45) is 5.92 Å². The third-order valence-electron chi connectivity index (χ3n) is 1.86. The van der Waals surface area contributed by atoms with E-state index < -0.39 is 0 Å². The average Bonchev–Trinajstić information content (AvgIpc) is 2.15. The van der Waals surface area contributed by atoms with Gasteiger partial charge in [-0.1, -0.05) is 6.92 Å². The van der Waals surface area contributed by atoms with Gasteiger partial charge in [0.2, 0.25) is 0 Å². The van der Waals surface area contributed by atoms with Gasteiger partial charge in [0.25, 0.3) is 0 Å². The normalized spacial score (nSPS) is 14.1. The summed E-state index contributed by atoms with van der Waals surface area (Å²) in [6.45, 7) is 6.49. The number of esters is 1. The second-order valence-electron chi connectivity index (χ2n) is 3.32. The van der Waals surface area contributed by atoms with Gasteiger partial charge in [-0.3, -0.25) is 4.79 Å². The Morgan fingerprint density at radius 2 is 2.21 bits per heavy atom. The van der Waals surface area contributed by atoms with Crippen LogP contribution >= 0.6 is 0 Å². The maximum Gasteiger partial charge on any atom is 0.309 e. The molecule has 0 bridgehead atoms. The molecule has 2 atom stereocenters. The average molecular weight is 198 g/mol. The van der Waals surface area contributed by atoms with Gasteiger partial charge in [-0.2, -0.15) is 5.26 Å². The molecule has 14 heavy (non-hydrogen) atoms. The van der Waals surface area contributed by atoms with E-state index in [0.717, 1.165) is 0 Å². The van der Waals surface area contributed by atoms with Crippen LogP contribution in [0.25, 0.3) is 0 Å². The molecule has 0 rings (SSSR count). The molecule has 2 unspecified atom stereocenters. The predicted molar refractivity (Wildman–Crippen MR) is 53.5 cm³/mol. The molecular formula is C10H18N2O2. The Morgan fingerprint density at radius 1 is 1.57 bits per heavy atom. The minimum atomic E-state index is -0.191. The molecule has 80 valence electrons. The van der Waals surface area contributed by atoms with E-state index in [0.29, 0.717) is 19.6 Å². The lowest BCUT2D eigenvalue weighted by atomic mass is 10.1.